The highest BCUT2D eigenvalue weighted by molar-refractivity contribution is 5.25. The molecule has 0 radical (unpaired) electrons. The van der Waals surface area contributed by atoms with E-state index in [1.165, 1.54) is 24.1 Å². The summed E-state index contributed by atoms with van der Waals surface area (Å²) in [5, 5.41) is 3.53. The molecular formula is C10H13N3. The quantitative estimate of drug-likeness (QED) is 0.641. The van der Waals surface area contributed by atoms with Gasteiger partial charge in [-0.1, -0.05) is 0 Å². The van der Waals surface area contributed by atoms with Gasteiger partial charge in [-0.25, -0.2) is 9.97 Å². The van der Waals surface area contributed by atoms with Crippen molar-refractivity contribution in [2.75, 3.05) is 6.54 Å². The number of nitrogens with zero attached hydrogens (tertiary/aromatic N) is 2. The van der Waals surface area contributed by atoms with Crippen molar-refractivity contribution in [3.63, 3.8) is 0 Å². The summed E-state index contributed by atoms with van der Waals surface area (Å²) < 4.78 is 0. The van der Waals surface area contributed by atoms with Crippen LogP contribution >= 0.6 is 0 Å². The fourth-order valence-electron chi connectivity index (χ4n) is 2.59. The second-order valence-electron chi connectivity index (χ2n) is 3.94. The lowest BCUT2D eigenvalue weighted by molar-refractivity contribution is 0.399. The van der Waals surface area contributed by atoms with Crippen LogP contribution in [0.15, 0.2) is 12.5 Å². The van der Waals surface area contributed by atoms with Crippen LogP contribution < -0.4 is 5.32 Å². The first-order valence-electron chi connectivity index (χ1n) is 4.97. The number of hydrogen-bond acceptors (Lipinski definition) is 3. The van der Waals surface area contributed by atoms with Gasteiger partial charge in [-0.05, 0) is 31.7 Å². The predicted molar refractivity (Wildman–Crippen MR) is 49.2 cm³/mol. The zero-order chi connectivity index (χ0) is 8.67. The summed E-state index contributed by atoms with van der Waals surface area (Å²) in [6.07, 6.45) is 7.40. The van der Waals surface area contributed by atoms with Gasteiger partial charge in [0.05, 0.1) is 0 Å². The fourth-order valence-corrected chi connectivity index (χ4v) is 2.59. The lowest BCUT2D eigenvalue weighted by Gasteiger charge is -2.26. The number of nitrogens with one attached hydrogen (secondary N) is 1. The molecule has 2 atom stereocenters. The molecule has 3 heteroatoms. The van der Waals surface area contributed by atoms with Crippen molar-refractivity contribution in [1.82, 2.24) is 15.3 Å². The van der Waals surface area contributed by atoms with Crippen molar-refractivity contribution in [3.8, 4) is 0 Å². The fraction of sp³-hybridized carbons (Fsp3) is 0.600. The molecule has 1 aliphatic carbocycles. The zero-order valence-corrected chi connectivity index (χ0v) is 7.53. The summed E-state index contributed by atoms with van der Waals surface area (Å²) in [7, 11) is 0. The molecule has 2 heterocycles. The maximum atomic E-state index is 4.33. The van der Waals surface area contributed by atoms with Crippen LogP contribution in [0.2, 0.25) is 0 Å². The summed E-state index contributed by atoms with van der Waals surface area (Å²) >= 11 is 0. The topological polar surface area (TPSA) is 37.8 Å². The Morgan fingerprint density at radius 1 is 1.38 bits per heavy atom. The average molecular weight is 175 g/mol. The van der Waals surface area contributed by atoms with Gasteiger partial charge >= 0.3 is 0 Å². The molecule has 0 saturated carbocycles. The summed E-state index contributed by atoms with van der Waals surface area (Å²) in [4.78, 5) is 8.44. The molecule has 3 nitrogen and oxygen atoms in total. The summed E-state index contributed by atoms with van der Waals surface area (Å²) in [6.45, 7) is 1.16. The summed E-state index contributed by atoms with van der Waals surface area (Å²) in [5.74, 6) is 0.832. The smallest absolute Gasteiger partial charge is 0.115 e. The SMILES string of the molecule is c1ncc2c(n1)CCC1CCNC21. The Bertz CT molecular complexity index is 324. The molecule has 68 valence electrons. The Labute approximate surface area is 77.6 Å². The molecule has 1 fully saturated rings. The van der Waals surface area contributed by atoms with E-state index >= 15 is 0 Å². The van der Waals surface area contributed by atoms with E-state index < -0.39 is 0 Å². The van der Waals surface area contributed by atoms with Gasteiger partial charge in [0, 0.05) is 23.5 Å². The third-order valence-electron chi connectivity index (χ3n) is 3.26. The van der Waals surface area contributed by atoms with Crippen LogP contribution in [0, 0.1) is 5.92 Å². The van der Waals surface area contributed by atoms with E-state index in [4.69, 9.17) is 0 Å². The normalized spacial score (nSPS) is 31.1. The minimum absolute atomic E-state index is 0.546. The number of aromatic nitrogens is 2. The van der Waals surface area contributed by atoms with Crippen LogP contribution in [0.5, 0.6) is 0 Å². The van der Waals surface area contributed by atoms with Crippen molar-refractivity contribution in [1.29, 1.82) is 0 Å². The molecule has 2 unspecified atom stereocenters. The van der Waals surface area contributed by atoms with Crippen LogP contribution in [-0.4, -0.2) is 16.5 Å². The Hall–Kier alpha value is -0.960. The highest BCUT2D eigenvalue weighted by Gasteiger charge is 2.33. The highest BCUT2D eigenvalue weighted by atomic mass is 15.0. The lowest BCUT2D eigenvalue weighted by Crippen LogP contribution is -2.24. The van der Waals surface area contributed by atoms with Crippen molar-refractivity contribution >= 4 is 0 Å². The van der Waals surface area contributed by atoms with Gasteiger partial charge in [0.25, 0.3) is 0 Å². The minimum atomic E-state index is 0.546. The van der Waals surface area contributed by atoms with Gasteiger partial charge in [-0.2, -0.15) is 0 Å². The molecule has 2 aliphatic rings. The molecule has 0 spiro atoms. The number of fused-ring (bicyclic) bond motifs is 3. The highest BCUT2D eigenvalue weighted by Crippen LogP contribution is 2.37. The first-order chi connectivity index (χ1) is 6.45. The van der Waals surface area contributed by atoms with Gasteiger partial charge in [0.15, 0.2) is 0 Å². The molecule has 1 aromatic rings. The Morgan fingerprint density at radius 3 is 3.38 bits per heavy atom. The van der Waals surface area contributed by atoms with Crippen molar-refractivity contribution in [2.45, 2.75) is 25.3 Å². The van der Waals surface area contributed by atoms with E-state index in [0.29, 0.717) is 6.04 Å². The first-order valence-corrected chi connectivity index (χ1v) is 4.97. The molecule has 13 heavy (non-hydrogen) atoms. The van der Waals surface area contributed by atoms with Crippen molar-refractivity contribution < 1.29 is 0 Å². The minimum Gasteiger partial charge on any atom is -0.310 e. The van der Waals surface area contributed by atoms with Crippen LogP contribution in [0.1, 0.15) is 30.1 Å². The Kier molecular flexibility index (Phi) is 1.59. The van der Waals surface area contributed by atoms with E-state index in [-0.39, 0.29) is 0 Å². The average Bonchev–Trinajstić information content (AvgIpc) is 2.65. The maximum Gasteiger partial charge on any atom is 0.115 e. The Balaban J connectivity index is 2.06. The van der Waals surface area contributed by atoms with Crippen LogP contribution in [0.25, 0.3) is 0 Å². The predicted octanol–water partition coefficient (Wildman–Crippen LogP) is 1.07. The molecule has 0 bridgehead atoms. The standard InChI is InChI=1S/C10H13N3/c1-2-9-8(5-11-6-13-9)10-7(1)3-4-12-10/h5-7,10,12H,1-4H2. The Morgan fingerprint density at radius 2 is 2.38 bits per heavy atom. The van der Waals surface area contributed by atoms with Crippen molar-refractivity contribution in [3.05, 3.63) is 23.8 Å². The van der Waals surface area contributed by atoms with Crippen LogP contribution in [0.3, 0.4) is 0 Å². The molecule has 1 saturated heterocycles. The molecule has 1 N–H and O–H groups in total. The molecule has 0 amide bonds. The second-order valence-corrected chi connectivity index (χ2v) is 3.94. The molecule has 0 aromatic carbocycles. The largest absolute Gasteiger partial charge is 0.310 e. The van der Waals surface area contributed by atoms with E-state index in [9.17, 15) is 0 Å². The number of rotatable bonds is 0. The van der Waals surface area contributed by atoms with Crippen LogP contribution in [0.4, 0.5) is 0 Å². The first kappa shape index (κ1) is 7.44. The molecule has 3 rings (SSSR count). The maximum absolute atomic E-state index is 4.33. The van der Waals surface area contributed by atoms with E-state index in [1.807, 2.05) is 6.20 Å². The monoisotopic (exact) mass is 175 g/mol. The van der Waals surface area contributed by atoms with E-state index in [2.05, 4.69) is 15.3 Å². The number of aryl methyl sites for hydroxylation is 1. The third kappa shape index (κ3) is 1.07. The van der Waals surface area contributed by atoms with Gasteiger partial charge in [-0.15, -0.1) is 0 Å². The molecular weight excluding hydrogens is 162 g/mol. The van der Waals surface area contributed by atoms with E-state index in [1.54, 1.807) is 6.33 Å². The van der Waals surface area contributed by atoms with Gasteiger partial charge in [0.2, 0.25) is 0 Å². The summed E-state index contributed by atoms with van der Waals surface area (Å²) in [5.41, 5.74) is 2.60. The van der Waals surface area contributed by atoms with Gasteiger partial charge in [-0.3, -0.25) is 0 Å². The van der Waals surface area contributed by atoms with E-state index in [0.717, 1.165) is 18.9 Å². The van der Waals surface area contributed by atoms with Crippen molar-refractivity contribution in [2.24, 2.45) is 5.92 Å². The van der Waals surface area contributed by atoms with Gasteiger partial charge in [0.1, 0.15) is 6.33 Å². The van der Waals surface area contributed by atoms with Gasteiger partial charge < -0.3 is 5.32 Å². The lowest BCUT2D eigenvalue weighted by atomic mass is 9.84. The zero-order valence-electron chi connectivity index (χ0n) is 7.53. The molecule has 1 aliphatic heterocycles. The molecule has 1 aromatic heterocycles. The second kappa shape index (κ2) is 2.77. The van der Waals surface area contributed by atoms with Crippen LogP contribution in [-0.2, 0) is 6.42 Å². The summed E-state index contributed by atoms with van der Waals surface area (Å²) in [6, 6.07) is 0.546. The third-order valence-corrected chi connectivity index (χ3v) is 3.26. The number of hydrogen-bond donors (Lipinski definition) is 1.